The Labute approximate surface area is 193 Å². The lowest BCUT2D eigenvalue weighted by molar-refractivity contribution is -0.165. The van der Waals surface area contributed by atoms with E-state index in [9.17, 15) is 19.2 Å². The van der Waals surface area contributed by atoms with Gasteiger partial charge in [0.15, 0.2) is 0 Å². The molecule has 2 aliphatic heterocycles. The minimum absolute atomic E-state index is 0.393. The number of hydrogen-bond acceptors (Lipinski definition) is 7. The molecule has 0 saturated carbocycles. The van der Waals surface area contributed by atoms with Crippen LogP contribution in [0.2, 0.25) is 0 Å². The topological polar surface area (TPSA) is 96.5 Å². The van der Waals surface area contributed by atoms with E-state index in [0.717, 1.165) is 11.3 Å². The van der Waals surface area contributed by atoms with Crippen molar-refractivity contribution < 1.29 is 28.8 Å². The van der Waals surface area contributed by atoms with Crippen LogP contribution in [0, 0.1) is 11.3 Å². The Morgan fingerprint density at radius 3 is 2.39 bits per heavy atom. The van der Waals surface area contributed by atoms with Gasteiger partial charge < -0.3 is 9.57 Å². The molecule has 1 saturated heterocycles. The van der Waals surface area contributed by atoms with Gasteiger partial charge in [0.25, 0.3) is 5.91 Å². The number of imide groups is 1. The zero-order valence-corrected chi connectivity index (χ0v) is 19.7. The van der Waals surface area contributed by atoms with Gasteiger partial charge in [-0.1, -0.05) is 45.9 Å². The van der Waals surface area contributed by atoms with E-state index in [0.29, 0.717) is 18.5 Å². The van der Waals surface area contributed by atoms with E-state index in [2.05, 4.69) is 0 Å². The van der Waals surface area contributed by atoms with E-state index in [1.54, 1.807) is 31.2 Å². The molecule has 9 heteroatoms. The van der Waals surface area contributed by atoms with Gasteiger partial charge in [0.1, 0.15) is 6.17 Å². The molecule has 1 aromatic rings. The summed E-state index contributed by atoms with van der Waals surface area (Å²) in [7, 11) is 1.25. The van der Waals surface area contributed by atoms with E-state index in [1.807, 2.05) is 26.8 Å². The van der Waals surface area contributed by atoms with Gasteiger partial charge in [-0.3, -0.25) is 19.4 Å². The number of benzene rings is 1. The molecular formula is C24H31N3O6. The minimum atomic E-state index is -0.862. The van der Waals surface area contributed by atoms with Crippen LogP contribution in [0.25, 0.3) is 0 Å². The second-order valence-electron chi connectivity index (χ2n) is 9.36. The molecular weight excluding hydrogens is 426 g/mol. The monoisotopic (exact) mass is 457 g/mol. The molecule has 0 radical (unpaired) electrons. The molecule has 0 unspecified atom stereocenters. The highest BCUT2D eigenvalue weighted by Crippen LogP contribution is 2.34. The lowest BCUT2D eigenvalue weighted by atomic mass is 9.88. The third kappa shape index (κ3) is 5.08. The first kappa shape index (κ1) is 24.4. The summed E-state index contributed by atoms with van der Waals surface area (Å²) in [4.78, 5) is 59.4. The van der Waals surface area contributed by atoms with Crippen molar-refractivity contribution in [3.8, 4) is 0 Å². The van der Waals surface area contributed by atoms with E-state index < -0.39 is 47.4 Å². The van der Waals surface area contributed by atoms with E-state index in [1.165, 1.54) is 29.3 Å². The third-order valence-electron chi connectivity index (χ3n) is 5.95. The zero-order chi connectivity index (χ0) is 24.3. The number of hydrogen-bond donors (Lipinski definition) is 0. The highest BCUT2D eigenvalue weighted by Gasteiger charge is 2.48. The van der Waals surface area contributed by atoms with Crippen molar-refractivity contribution in [1.29, 1.82) is 0 Å². The summed E-state index contributed by atoms with van der Waals surface area (Å²) in [6.07, 6.45) is 2.39. The Kier molecular flexibility index (Phi) is 7.22. The fraction of sp³-hybridized carbons (Fsp3) is 0.500. The Balaban J connectivity index is 1.83. The summed E-state index contributed by atoms with van der Waals surface area (Å²) in [5, 5.41) is 1.53. The minimum Gasteiger partial charge on any atom is -0.452 e. The lowest BCUT2D eigenvalue weighted by Crippen LogP contribution is -2.62. The molecule has 3 rings (SSSR count). The SMILES string of the molecule is COC(=O)N1C=CC(=O)N(C(=O)[C@@H](C)[C@@H]2CCCN2OC(=O)c2ccccc2)[C@@H]1C(C)(C)C. The highest BCUT2D eigenvalue weighted by molar-refractivity contribution is 6.03. The van der Waals surface area contributed by atoms with Gasteiger partial charge >= 0.3 is 12.1 Å². The average Bonchev–Trinajstić information content (AvgIpc) is 3.25. The number of hydroxylamine groups is 2. The van der Waals surface area contributed by atoms with Crippen LogP contribution in [0.4, 0.5) is 4.79 Å². The normalized spacial score (nSPS) is 22.3. The second kappa shape index (κ2) is 9.74. The standard InChI is InChI=1S/C24H31N3O6/c1-16(18-12-9-14-26(18)33-21(30)17-10-7-6-8-11-17)20(29)27-19(28)13-15-25(23(31)32-5)22(27)24(2,3)4/h6-8,10-11,13,15-16,18,22H,9,12,14H2,1-5H3/t16-,18-,22+/m0/s1. The molecule has 0 spiro atoms. The maximum absolute atomic E-state index is 13.6. The molecule has 2 aliphatic rings. The van der Waals surface area contributed by atoms with Gasteiger partial charge in [-0.05, 0) is 25.0 Å². The van der Waals surface area contributed by atoms with Crippen molar-refractivity contribution in [3.63, 3.8) is 0 Å². The summed E-state index contributed by atoms with van der Waals surface area (Å²) < 4.78 is 4.86. The van der Waals surface area contributed by atoms with Crippen LogP contribution >= 0.6 is 0 Å². The van der Waals surface area contributed by atoms with Crippen LogP contribution < -0.4 is 0 Å². The molecule has 3 atom stereocenters. The summed E-state index contributed by atoms with van der Waals surface area (Å²) in [6.45, 7) is 7.73. The third-order valence-corrected chi connectivity index (χ3v) is 5.95. The van der Waals surface area contributed by atoms with Crippen LogP contribution in [-0.4, -0.2) is 64.6 Å². The van der Waals surface area contributed by atoms with Crippen LogP contribution in [0.1, 0.15) is 50.9 Å². The Morgan fingerprint density at radius 1 is 1.12 bits per heavy atom. The van der Waals surface area contributed by atoms with Crippen LogP contribution in [-0.2, 0) is 19.2 Å². The largest absolute Gasteiger partial charge is 0.452 e. The molecule has 0 bridgehead atoms. The Hall–Kier alpha value is -3.20. The fourth-order valence-electron chi connectivity index (χ4n) is 4.35. The molecule has 1 fully saturated rings. The van der Waals surface area contributed by atoms with Gasteiger partial charge in [-0.25, -0.2) is 9.59 Å². The van der Waals surface area contributed by atoms with E-state index in [4.69, 9.17) is 9.57 Å². The fourth-order valence-corrected chi connectivity index (χ4v) is 4.35. The predicted octanol–water partition coefficient (Wildman–Crippen LogP) is 3.18. The average molecular weight is 458 g/mol. The number of amides is 3. The van der Waals surface area contributed by atoms with Gasteiger partial charge in [0.2, 0.25) is 5.91 Å². The summed E-state index contributed by atoms with van der Waals surface area (Å²) in [5.41, 5.74) is -0.223. The maximum atomic E-state index is 13.6. The van der Waals surface area contributed by atoms with Crippen molar-refractivity contribution >= 4 is 23.9 Å². The second-order valence-corrected chi connectivity index (χ2v) is 9.36. The van der Waals surface area contributed by atoms with Crippen LogP contribution in [0.15, 0.2) is 42.6 Å². The van der Waals surface area contributed by atoms with Crippen molar-refractivity contribution in [2.24, 2.45) is 11.3 Å². The number of nitrogens with zero attached hydrogens (tertiary/aromatic N) is 3. The number of rotatable bonds is 4. The molecule has 0 aromatic heterocycles. The number of carbonyl (C=O) groups is 4. The number of methoxy groups -OCH3 is 1. The molecule has 1 aromatic carbocycles. The van der Waals surface area contributed by atoms with Crippen LogP contribution in [0.5, 0.6) is 0 Å². The summed E-state index contributed by atoms with van der Waals surface area (Å²) in [6, 6.07) is 8.24. The molecule has 33 heavy (non-hydrogen) atoms. The molecule has 0 N–H and O–H groups in total. The summed E-state index contributed by atoms with van der Waals surface area (Å²) >= 11 is 0. The van der Waals surface area contributed by atoms with Gasteiger partial charge in [-0.15, -0.1) is 5.06 Å². The van der Waals surface area contributed by atoms with Crippen molar-refractivity contribution in [2.75, 3.05) is 13.7 Å². The first-order valence-electron chi connectivity index (χ1n) is 11.0. The number of ether oxygens (including phenoxy) is 1. The molecule has 0 aliphatic carbocycles. The van der Waals surface area contributed by atoms with Crippen molar-refractivity contribution in [2.45, 2.75) is 52.7 Å². The molecule has 2 heterocycles. The summed E-state index contributed by atoms with van der Waals surface area (Å²) in [5.74, 6) is -2.09. The first-order valence-corrected chi connectivity index (χ1v) is 11.0. The van der Waals surface area contributed by atoms with Gasteiger partial charge in [0.05, 0.1) is 24.6 Å². The van der Waals surface area contributed by atoms with E-state index >= 15 is 0 Å². The van der Waals surface area contributed by atoms with Crippen molar-refractivity contribution in [3.05, 3.63) is 48.2 Å². The quantitative estimate of drug-likeness (QED) is 0.685. The van der Waals surface area contributed by atoms with Gasteiger partial charge in [-0.2, -0.15) is 0 Å². The lowest BCUT2D eigenvalue weighted by Gasteiger charge is -2.46. The Morgan fingerprint density at radius 2 is 1.79 bits per heavy atom. The molecule has 9 nitrogen and oxygen atoms in total. The van der Waals surface area contributed by atoms with Crippen LogP contribution in [0.3, 0.4) is 0 Å². The smallest absolute Gasteiger partial charge is 0.415 e. The molecule has 178 valence electrons. The predicted molar refractivity (Wildman–Crippen MR) is 119 cm³/mol. The van der Waals surface area contributed by atoms with Crippen molar-refractivity contribution in [1.82, 2.24) is 14.9 Å². The maximum Gasteiger partial charge on any atom is 0.415 e. The zero-order valence-electron chi connectivity index (χ0n) is 19.7. The Bertz CT molecular complexity index is 939. The number of carbonyl (C=O) groups excluding carboxylic acids is 4. The first-order chi connectivity index (χ1) is 15.6. The highest BCUT2D eigenvalue weighted by atomic mass is 16.7. The van der Waals surface area contributed by atoms with E-state index in [-0.39, 0.29) is 0 Å². The molecule has 3 amide bonds. The van der Waals surface area contributed by atoms with Gasteiger partial charge in [0, 0.05) is 24.2 Å².